The molecule has 2 aromatic rings. The summed E-state index contributed by atoms with van der Waals surface area (Å²) in [4.78, 5) is 52.8. The molecule has 3 heterocycles. The minimum absolute atomic E-state index is 0.0455. The fraction of sp³-hybridized carbons (Fsp3) is 0.346. The Bertz CT molecular complexity index is 1270. The molecule has 35 heavy (non-hydrogen) atoms. The molecule has 2 fully saturated rings. The van der Waals surface area contributed by atoms with Crippen LogP contribution in [0.5, 0.6) is 0 Å². The van der Waals surface area contributed by atoms with Crippen molar-refractivity contribution in [2.45, 2.75) is 49.9 Å². The first kappa shape index (κ1) is 22.9. The predicted octanol–water partition coefficient (Wildman–Crippen LogP) is 1.46. The van der Waals surface area contributed by atoms with Crippen LogP contribution in [0.3, 0.4) is 0 Å². The number of rotatable bonds is 4. The third-order valence-electron chi connectivity index (χ3n) is 7.14. The monoisotopic (exact) mass is 472 g/mol. The average molecular weight is 473 g/mol. The number of carbonyl (C=O) groups excluding carboxylic acids is 4. The smallest absolute Gasteiger partial charge is 0.262 e. The minimum atomic E-state index is -1.34. The molecular formula is C26H24N4O5. The van der Waals surface area contributed by atoms with E-state index in [1.165, 1.54) is 12.1 Å². The standard InChI is InChI=1S/C26H24N4O5/c27-14-18-13-26(35,10-11-29(18)15-16-4-2-1-3-5-16)17-6-7-19-20(12-17)25(34)30(24(19)33)21-8-9-22(31)28-23(21)32/h1-7,12,18,21,35H,8-11,13,15H2,(H,28,31,32). The molecule has 0 aliphatic carbocycles. The second-order valence-corrected chi connectivity index (χ2v) is 9.29. The molecule has 0 radical (unpaired) electrons. The molecule has 2 N–H and O–H groups in total. The number of benzene rings is 2. The SMILES string of the molecule is N#CC1CC(O)(c2ccc3c(c2)C(=O)N(C2CCC(=O)NC2=O)C3=O)CCN1Cc1ccccc1. The highest BCUT2D eigenvalue weighted by Gasteiger charge is 2.46. The van der Waals surface area contributed by atoms with Gasteiger partial charge in [-0.1, -0.05) is 36.4 Å². The lowest BCUT2D eigenvalue weighted by atomic mass is 9.80. The molecule has 2 saturated heterocycles. The summed E-state index contributed by atoms with van der Waals surface area (Å²) in [5.74, 6) is -2.32. The number of likely N-dealkylation sites (tertiary alicyclic amines) is 1. The number of nitrogens with zero attached hydrogens (tertiary/aromatic N) is 3. The summed E-state index contributed by atoms with van der Waals surface area (Å²) in [6.07, 6.45) is 0.641. The number of hydrogen-bond donors (Lipinski definition) is 2. The summed E-state index contributed by atoms with van der Waals surface area (Å²) in [6.45, 7) is 1.07. The van der Waals surface area contributed by atoms with E-state index in [1.807, 2.05) is 35.2 Å². The molecule has 0 aromatic heterocycles. The van der Waals surface area contributed by atoms with Crippen LogP contribution in [0.4, 0.5) is 0 Å². The normalized spacial score (nSPS) is 26.9. The molecular weight excluding hydrogens is 448 g/mol. The molecule has 5 rings (SSSR count). The maximum Gasteiger partial charge on any atom is 0.262 e. The Morgan fingerprint density at radius 1 is 1.06 bits per heavy atom. The van der Waals surface area contributed by atoms with Gasteiger partial charge in [0.15, 0.2) is 0 Å². The Hall–Kier alpha value is -3.87. The highest BCUT2D eigenvalue weighted by atomic mass is 16.3. The molecule has 9 heteroatoms. The third-order valence-corrected chi connectivity index (χ3v) is 7.14. The van der Waals surface area contributed by atoms with Crippen molar-refractivity contribution in [1.82, 2.24) is 15.1 Å². The van der Waals surface area contributed by atoms with Crippen molar-refractivity contribution in [3.05, 3.63) is 70.8 Å². The van der Waals surface area contributed by atoms with Gasteiger partial charge in [0.2, 0.25) is 11.8 Å². The maximum atomic E-state index is 13.1. The second-order valence-electron chi connectivity index (χ2n) is 9.29. The van der Waals surface area contributed by atoms with E-state index in [0.29, 0.717) is 25.1 Å². The number of carbonyl (C=O) groups is 4. The first-order valence-electron chi connectivity index (χ1n) is 11.6. The van der Waals surface area contributed by atoms with Crippen molar-refractivity contribution in [2.24, 2.45) is 0 Å². The first-order chi connectivity index (χ1) is 16.8. The first-order valence-corrected chi connectivity index (χ1v) is 11.6. The summed E-state index contributed by atoms with van der Waals surface area (Å²) < 4.78 is 0. The molecule has 0 saturated carbocycles. The lowest BCUT2D eigenvalue weighted by molar-refractivity contribution is -0.136. The zero-order chi connectivity index (χ0) is 24.7. The van der Waals surface area contributed by atoms with Gasteiger partial charge in [0.25, 0.3) is 11.8 Å². The zero-order valence-corrected chi connectivity index (χ0v) is 18.9. The Morgan fingerprint density at radius 2 is 1.80 bits per heavy atom. The van der Waals surface area contributed by atoms with E-state index in [0.717, 1.165) is 10.5 Å². The summed E-state index contributed by atoms with van der Waals surface area (Å²) in [6, 6.07) is 15.1. The number of aliphatic hydroxyl groups is 1. The predicted molar refractivity (Wildman–Crippen MR) is 122 cm³/mol. The van der Waals surface area contributed by atoms with Crippen molar-refractivity contribution < 1.29 is 24.3 Å². The van der Waals surface area contributed by atoms with Gasteiger partial charge in [0.05, 0.1) is 22.8 Å². The molecule has 0 bridgehead atoms. The van der Waals surface area contributed by atoms with E-state index in [1.54, 1.807) is 6.07 Å². The van der Waals surface area contributed by atoms with Crippen molar-refractivity contribution in [3.8, 4) is 6.07 Å². The third kappa shape index (κ3) is 4.01. The van der Waals surface area contributed by atoms with Crippen LogP contribution in [0.2, 0.25) is 0 Å². The maximum absolute atomic E-state index is 13.1. The Labute approximate surface area is 201 Å². The van der Waals surface area contributed by atoms with Gasteiger partial charge in [-0.05, 0) is 36.1 Å². The fourth-order valence-electron chi connectivity index (χ4n) is 5.19. The van der Waals surface area contributed by atoms with Crippen molar-refractivity contribution in [3.63, 3.8) is 0 Å². The van der Waals surface area contributed by atoms with Gasteiger partial charge in [-0.3, -0.25) is 34.3 Å². The summed E-state index contributed by atoms with van der Waals surface area (Å²) in [5.41, 5.74) is 0.473. The number of nitriles is 1. The van der Waals surface area contributed by atoms with Gasteiger partial charge in [0, 0.05) is 25.9 Å². The van der Waals surface area contributed by atoms with Gasteiger partial charge in [-0.2, -0.15) is 5.26 Å². The van der Waals surface area contributed by atoms with Crippen LogP contribution in [-0.2, 0) is 21.7 Å². The van der Waals surface area contributed by atoms with Crippen LogP contribution in [-0.4, -0.2) is 57.2 Å². The molecule has 178 valence electrons. The second kappa shape index (κ2) is 8.73. The van der Waals surface area contributed by atoms with Crippen LogP contribution >= 0.6 is 0 Å². The molecule has 4 amide bonds. The largest absolute Gasteiger partial charge is 0.385 e. The van der Waals surface area contributed by atoms with Crippen LogP contribution in [0.15, 0.2) is 48.5 Å². The van der Waals surface area contributed by atoms with Crippen LogP contribution in [0, 0.1) is 11.3 Å². The van der Waals surface area contributed by atoms with E-state index in [-0.39, 0.29) is 30.4 Å². The quantitative estimate of drug-likeness (QED) is 0.644. The lowest BCUT2D eigenvalue weighted by Gasteiger charge is -2.41. The number of nitrogens with one attached hydrogen (secondary N) is 1. The highest BCUT2D eigenvalue weighted by Crippen LogP contribution is 2.38. The minimum Gasteiger partial charge on any atom is -0.385 e. The van der Waals surface area contributed by atoms with E-state index in [2.05, 4.69) is 11.4 Å². The van der Waals surface area contributed by atoms with Gasteiger partial charge in [-0.25, -0.2) is 0 Å². The van der Waals surface area contributed by atoms with E-state index < -0.39 is 41.3 Å². The highest BCUT2D eigenvalue weighted by molar-refractivity contribution is 6.23. The van der Waals surface area contributed by atoms with Crippen molar-refractivity contribution in [1.29, 1.82) is 5.26 Å². The van der Waals surface area contributed by atoms with Crippen LogP contribution in [0.1, 0.15) is 57.5 Å². The van der Waals surface area contributed by atoms with Gasteiger partial charge >= 0.3 is 0 Å². The Kier molecular flexibility index (Phi) is 5.71. The molecule has 3 atom stereocenters. The van der Waals surface area contributed by atoms with Gasteiger partial charge < -0.3 is 5.11 Å². The topological polar surface area (TPSA) is 131 Å². The van der Waals surface area contributed by atoms with Crippen molar-refractivity contribution >= 4 is 23.6 Å². The molecule has 2 aromatic carbocycles. The summed E-state index contributed by atoms with van der Waals surface area (Å²) >= 11 is 0. The zero-order valence-electron chi connectivity index (χ0n) is 18.9. The number of fused-ring (bicyclic) bond motifs is 1. The van der Waals surface area contributed by atoms with E-state index >= 15 is 0 Å². The summed E-state index contributed by atoms with van der Waals surface area (Å²) in [7, 11) is 0. The van der Waals surface area contributed by atoms with Crippen molar-refractivity contribution in [2.75, 3.05) is 6.54 Å². The molecule has 3 aliphatic rings. The molecule has 3 aliphatic heterocycles. The fourth-order valence-corrected chi connectivity index (χ4v) is 5.19. The summed E-state index contributed by atoms with van der Waals surface area (Å²) in [5, 5.41) is 23.5. The number of imide groups is 2. The van der Waals surface area contributed by atoms with E-state index in [4.69, 9.17) is 0 Å². The number of amides is 4. The Morgan fingerprint density at radius 3 is 2.51 bits per heavy atom. The van der Waals surface area contributed by atoms with Crippen LogP contribution in [0.25, 0.3) is 0 Å². The molecule has 3 unspecified atom stereocenters. The van der Waals surface area contributed by atoms with Gasteiger partial charge in [-0.15, -0.1) is 0 Å². The average Bonchev–Trinajstić information content (AvgIpc) is 3.10. The van der Waals surface area contributed by atoms with Crippen LogP contribution < -0.4 is 5.32 Å². The number of piperidine rings is 2. The number of hydrogen-bond acceptors (Lipinski definition) is 7. The molecule has 9 nitrogen and oxygen atoms in total. The lowest BCUT2D eigenvalue weighted by Crippen LogP contribution is -2.54. The molecule has 0 spiro atoms. The van der Waals surface area contributed by atoms with Gasteiger partial charge in [0.1, 0.15) is 12.1 Å². The van der Waals surface area contributed by atoms with E-state index in [9.17, 15) is 29.5 Å². The Balaban J connectivity index is 1.37.